The number of pyridine rings is 1. The van der Waals surface area contributed by atoms with Gasteiger partial charge in [-0.1, -0.05) is 12.1 Å². The molecule has 2 N–H and O–H groups in total. The van der Waals surface area contributed by atoms with Gasteiger partial charge in [0.1, 0.15) is 11.7 Å². The number of benzene rings is 1. The Kier molecular flexibility index (Phi) is 5.07. The molecule has 132 valence electrons. The Bertz CT molecular complexity index is 921. The van der Waals surface area contributed by atoms with Gasteiger partial charge in [0.2, 0.25) is 5.91 Å². The topological polar surface area (TPSA) is 88.9 Å². The van der Waals surface area contributed by atoms with Crippen LogP contribution in [-0.4, -0.2) is 26.6 Å². The predicted octanol–water partition coefficient (Wildman–Crippen LogP) is 3.04. The van der Waals surface area contributed by atoms with Crippen molar-refractivity contribution in [3.63, 3.8) is 0 Å². The second-order valence-corrected chi connectivity index (χ2v) is 5.85. The van der Waals surface area contributed by atoms with Gasteiger partial charge in [-0.2, -0.15) is 5.10 Å². The molecular weight excluding hydrogens is 330 g/mol. The Hall–Kier alpha value is -3.48. The summed E-state index contributed by atoms with van der Waals surface area (Å²) in [4.78, 5) is 28.8. The molecule has 0 saturated heterocycles. The van der Waals surface area contributed by atoms with Gasteiger partial charge in [0, 0.05) is 29.5 Å². The van der Waals surface area contributed by atoms with Crippen LogP contribution in [0.3, 0.4) is 0 Å². The number of aromatic nitrogens is 3. The quantitative estimate of drug-likeness (QED) is 0.741. The number of nitrogens with zero attached hydrogens (tertiary/aromatic N) is 3. The highest BCUT2D eigenvalue weighted by Crippen LogP contribution is 2.17. The molecule has 26 heavy (non-hydrogen) atoms. The van der Waals surface area contributed by atoms with E-state index in [1.54, 1.807) is 66.5 Å². The van der Waals surface area contributed by atoms with Crippen LogP contribution in [0.1, 0.15) is 29.1 Å². The minimum atomic E-state index is -0.445. The normalized spacial score (nSPS) is 11.6. The number of hydrogen-bond donors (Lipinski definition) is 2. The van der Waals surface area contributed by atoms with Crippen molar-refractivity contribution in [2.45, 2.75) is 19.9 Å². The fraction of sp³-hybridized carbons (Fsp3) is 0.158. The highest BCUT2D eigenvalue weighted by Gasteiger charge is 2.15. The van der Waals surface area contributed by atoms with Gasteiger partial charge in [-0.25, -0.2) is 4.98 Å². The average Bonchev–Trinajstić information content (AvgIpc) is 3.16. The molecule has 0 saturated carbocycles. The molecule has 1 aromatic carbocycles. The van der Waals surface area contributed by atoms with Crippen LogP contribution in [0.5, 0.6) is 0 Å². The largest absolute Gasteiger partial charge is 0.324 e. The van der Waals surface area contributed by atoms with Crippen molar-refractivity contribution in [1.82, 2.24) is 14.8 Å². The van der Waals surface area contributed by atoms with Gasteiger partial charge < -0.3 is 10.6 Å². The van der Waals surface area contributed by atoms with E-state index in [1.165, 1.54) is 0 Å². The number of rotatable bonds is 5. The van der Waals surface area contributed by atoms with E-state index in [-0.39, 0.29) is 11.8 Å². The van der Waals surface area contributed by atoms with Crippen LogP contribution in [0.4, 0.5) is 11.4 Å². The summed E-state index contributed by atoms with van der Waals surface area (Å²) in [6.07, 6.45) is 3.36. The lowest BCUT2D eigenvalue weighted by atomic mass is 10.2. The summed E-state index contributed by atoms with van der Waals surface area (Å²) in [5.41, 5.74) is 2.27. The zero-order chi connectivity index (χ0) is 18.5. The summed E-state index contributed by atoms with van der Waals surface area (Å²) in [6, 6.07) is 13.5. The molecule has 0 fully saturated rings. The van der Waals surface area contributed by atoms with Crippen molar-refractivity contribution in [3.05, 3.63) is 72.3 Å². The third-order valence-corrected chi connectivity index (χ3v) is 3.81. The molecule has 3 aromatic rings. The van der Waals surface area contributed by atoms with Crippen LogP contribution in [0.2, 0.25) is 0 Å². The molecule has 0 aliphatic carbocycles. The van der Waals surface area contributed by atoms with E-state index < -0.39 is 6.04 Å². The van der Waals surface area contributed by atoms with E-state index in [4.69, 9.17) is 0 Å². The minimum Gasteiger partial charge on any atom is -0.324 e. The van der Waals surface area contributed by atoms with Gasteiger partial charge >= 0.3 is 0 Å². The SMILES string of the molecule is Cc1cccc(C(=O)Nc2cccc(NC(=O)C(C)n3cccn3)c2)n1. The first-order chi connectivity index (χ1) is 12.5. The molecule has 7 heteroatoms. The molecule has 3 rings (SSSR count). The Morgan fingerprint density at radius 3 is 2.46 bits per heavy atom. The third kappa shape index (κ3) is 4.13. The first kappa shape index (κ1) is 17.3. The van der Waals surface area contributed by atoms with E-state index >= 15 is 0 Å². The van der Waals surface area contributed by atoms with E-state index in [0.29, 0.717) is 17.1 Å². The summed E-state index contributed by atoms with van der Waals surface area (Å²) in [7, 11) is 0. The summed E-state index contributed by atoms with van der Waals surface area (Å²) >= 11 is 0. The summed E-state index contributed by atoms with van der Waals surface area (Å²) < 4.78 is 1.57. The summed E-state index contributed by atoms with van der Waals surface area (Å²) in [5, 5.41) is 9.68. The Morgan fingerprint density at radius 1 is 1.04 bits per heavy atom. The molecule has 1 unspecified atom stereocenters. The highest BCUT2D eigenvalue weighted by molar-refractivity contribution is 6.03. The molecule has 0 aliphatic rings. The van der Waals surface area contributed by atoms with Gasteiger partial charge in [-0.3, -0.25) is 14.3 Å². The lowest BCUT2D eigenvalue weighted by Gasteiger charge is -2.13. The molecular formula is C19H19N5O2. The fourth-order valence-corrected chi connectivity index (χ4v) is 2.42. The first-order valence-electron chi connectivity index (χ1n) is 8.18. The van der Waals surface area contributed by atoms with E-state index in [0.717, 1.165) is 5.69 Å². The molecule has 0 spiro atoms. The summed E-state index contributed by atoms with van der Waals surface area (Å²) in [6.45, 7) is 3.59. The fourth-order valence-electron chi connectivity index (χ4n) is 2.42. The van der Waals surface area contributed by atoms with Gasteiger partial charge in [0.25, 0.3) is 5.91 Å². The molecule has 0 radical (unpaired) electrons. The number of aryl methyl sites for hydroxylation is 1. The summed E-state index contributed by atoms with van der Waals surface area (Å²) in [5.74, 6) is -0.500. The predicted molar refractivity (Wildman–Crippen MR) is 98.9 cm³/mol. The van der Waals surface area contributed by atoms with Gasteiger partial charge in [-0.05, 0) is 50.2 Å². The average molecular weight is 349 g/mol. The molecule has 0 aliphatic heterocycles. The number of hydrogen-bond acceptors (Lipinski definition) is 4. The van der Waals surface area contributed by atoms with Crippen molar-refractivity contribution in [1.29, 1.82) is 0 Å². The minimum absolute atomic E-state index is 0.197. The zero-order valence-electron chi connectivity index (χ0n) is 14.5. The van der Waals surface area contributed by atoms with E-state index in [1.807, 2.05) is 13.0 Å². The van der Waals surface area contributed by atoms with Crippen molar-refractivity contribution in [2.24, 2.45) is 0 Å². The Morgan fingerprint density at radius 2 is 1.77 bits per heavy atom. The molecule has 2 heterocycles. The lowest BCUT2D eigenvalue weighted by molar-refractivity contribution is -0.119. The van der Waals surface area contributed by atoms with Crippen LogP contribution in [0.15, 0.2) is 60.9 Å². The number of anilines is 2. The van der Waals surface area contributed by atoms with Crippen molar-refractivity contribution >= 4 is 23.2 Å². The Balaban J connectivity index is 1.68. The van der Waals surface area contributed by atoms with E-state index in [2.05, 4.69) is 20.7 Å². The van der Waals surface area contributed by atoms with Crippen LogP contribution >= 0.6 is 0 Å². The molecule has 2 aromatic heterocycles. The van der Waals surface area contributed by atoms with Crippen LogP contribution in [0, 0.1) is 6.92 Å². The number of amides is 2. The zero-order valence-corrected chi connectivity index (χ0v) is 14.5. The van der Waals surface area contributed by atoms with Gasteiger partial charge in [0.15, 0.2) is 0 Å². The number of carbonyl (C=O) groups is 2. The second-order valence-electron chi connectivity index (χ2n) is 5.85. The van der Waals surface area contributed by atoms with Crippen molar-refractivity contribution < 1.29 is 9.59 Å². The Labute approximate surface area is 151 Å². The first-order valence-corrected chi connectivity index (χ1v) is 8.18. The lowest BCUT2D eigenvalue weighted by Crippen LogP contribution is -2.24. The molecule has 7 nitrogen and oxygen atoms in total. The standard InChI is InChI=1S/C19H19N5O2/c1-13-6-3-9-17(21-13)19(26)23-16-8-4-7-15(12-16)22-18(25)14(2)24-11-5-10-20-24/h3-12,14H,1-2H3,(H,22,25)(H,23,26). The van der Waals surface area contributed by atoms with Crippen LogP contribution in [-0.2, 0) is 4.79 Å². The number of nitrogens with one attached hydrogen (secondary N) is 2. The molecule has 1 atom stereocenters. The molecule has 2 amide bonds. The molecule has 0 bridgehead atoms. The third-order valence-electron chi connectivity index (χ3n) is 3.81. The van der Waals surface area contributed by atoms with Crippen molar-refractivity contribution in [3.8, 4) is 0 Å². The maximum atomic E-state index is 12.3. The van der Waals surface area contributed by atoms with Gasteiger partial charge in [0.05, 0.1) is 0 Å². The van der Waals surface area contributed by atoms with Crippen LogP contribution in [0.25, 0.3) is 0 Å². The monoisotopic (exact) mass is 349 g/mol. The second kappa shape index (κ2) is 7.60. The maximum Gasteiger partial charge on any atom is 0.274 e. The van der Waals surface area contributed by atoms with E-state index in [9.17, 15) is 9.59 Å². The number of carbonyl (C=O) groups excluding carboxylic acids is 2. The van der Waals surface area contributed by atoms with Gasteiger partial charge in [-0.15, -0.1) is 0 Å². The maximum absolute atomic E-state index is 12.3. The highest BCUT2D eigenvalue weighted by atomic mass is 16.2. The van der Waals surface area contributed by atoms with Crippen LogP contribution < -0.4 is 10.6 Å². The smallest absolute Gasteiger partial charge is 0.274 e. The van der Waals surface area contributed by atoms with Crippen molar-refractivity contribution in [2.75, 3.05) is 10.6 Å².